The van der Waals surface area contributed by atoms with Crippen LogP contribution in [0.4, 0.5) is 11.4 Å². The third-order valence-corrected chi connectivity index (χ3v) is 4.93. The van der Waals surface area contributed by atoms with Crippen molar-refractivity contribution in [1.82, 2.24) is 4.90 Å². The molecule has 1 unspecified atom stereocenters. The van der Waals surface area contributed by atoms with E-state index in [0.717, 1.165) is 36.2 Å². The third kappa shape index (κ3) is 4.60. The van der Waals surface area contributed by atoms with Gasteiger partial charge in [0.2, 0.25) is 18.2 Å². The summed E-state index contributed by atoms with van der Waals surface area (Å²) < 4.78 is 11.0. The van der Waals surface area contributed by atoms with Crippen molar-refractivity contribution in [3.05, 3.63) is 54.1 Å². The van der Waals surface area contributed by atoms with E-state index in [1.165, 1.54) is 5.56 Å². The lowest BCUT2D eigenvalue weighted by molar-refractivity contribution is 0.0671. The molecule has 0 saturated carbocycles. The predicted octanol–water partition coefficient (Wildman–Crippen LogP) is 2.64. The Morgan fingerprint density at radius 3 is 2.50 bits per heavy atom. The van der Waals surface area contributed by atoms with Crippen LogP contribution >= 0.6 is 12.4 Å². The topological polar surface area (TPSA) is 87.7 Å². The van der Waals surface area contributed by atoms with Gasteiger partial charge in [-0.1, -0.05) is 29.8 Å². The fourth-order valence-corrected chi connectivity index (χ4v) is 3.43. The molecule has 0 bridgehead atoms. The van der Waals surface area contributed by atoms with Crippen LogP contribution < -0.4 is 20.7 Å². The number of aliphatic imine (C=N–C) groups is 2. The number of nitrogens with one attached hydrogen (secondary N) is 1. The fourth-order valence-electron chi connectivity index (χ4n) is 3.43. The molecule has 0 radical (unpaired) electrons. The van der Waals surface area contributed by atoms with Gasteiger partial charge in [-0.3, -0.25) is 4.90 Å². The van der Waals surface area contributed by atoms with Crippen molar-refractivity contribution in [2.75, 3.05) is 43.6 Å². The number of aryl methyl sites for hydroxylation is 1. The molecule has 9 heteroatoms. The summed E-state index contributed by atoms with van der Waals surface area (Å²) in [6.45, 7) is 4.87. The Labute approximate surface area is 182 Å². The second-order valence-corrected chi connectivity index (χ2v) is 6.92. The first-order valence-electron chi connectivity index (χ1n) is 9.66. The average molecular weight is 431 g/mol. The van der Waals surface area contributed by atoms with Crippen LogP contribution in [0.5, 0.6) is 5.75 Å². The van der Waals surface area contributed by atoms with Gasteiger partial charge in [0.05, 0.1) is 26.0 Å². The maximum atomic E-state index is 6.12. The fraction of sp³-hybridized carbons (Fsp3) is 0.333. The summed E-state index contributed by atoms with van der Waals surface area (Å²) in [6.07, 6.45) is -0.468. The standard InChI is InChI=1S/C21H26N6O2.ClH/c1-15-7-9-16(10-8-15)27-20(23-17-5-3-4-6-18(17)28-2)24-19(22)25-21(27)26-11-13-29-14-12-26;/h3-10,20,23H,11-14H2,1-2H3,(H2,22,24);1H. The molecule has 3 N–H and O–H groups in total. The van der Waals surface area contributed by atoms with Gasteiger partial charge >= 0.3 is 0 Å². The highest BCUT2D eigenvalue weighted by Gasteiger charge is 2.32. The van der Waals surface area contributed by atoms with Crippen molar-refractivity contribution < 1.29 is 9.47 Å². The first-order chi connectivity index (χ1) is 14.2. The van der Waals surface area contributed by atoms with Crippen molar-refractivity contribution in [3.8, 4) is 5.75 Å². The first kappa shape index (κ1) is 21.7. The number of nitrogens with two attached hydrogens (primary N) is 1. The highest BCUT2D eigenvalue weighted by Crippen LogP contribution is 2.28. The number of halogens is 1. The molecule has 0 aromatic heterocycles. The number of methoxy groups -OCH3 is 1. The zero-order chi connectivity index (χ0) is 20.2. The van der Waals surface area contributed by atoms with Crippen molar-refractivity contribution in [2.45, 2.75) is 13.2 Å². The van der Waals surface area contributed by atoms with Gasteiger partial charge in [-0.2, -0.15) is 4.99 Å². The van der Waals surface area contributed by atoms with Gasteiger partial charge in [0, 0.05) is 18.8 Å². The van der Waals surface area contributed by atoms with Gasteiger partial charge in [0.15, 0.2) is 0 Å². The van der Waals surface area contributed by atoms with Crippen molar-refractivity contribution >= 4 is 35.7 Å². The zero-order valence-corrected chi connectivity index (χ0v) is 17.9. The number of hydrogen-bond acceptors (Lipinski definition) is 8. The van der Waals surface area contributed by atoms with Crippen LogP contribution in [-0.2, 0) is 4.74 Å². The third-order valence-electron chi connectivity index (χ3n) is 4.93. The van der Waals surface area contributed by atoms with Crippen LogP contribution in [0.2, 0.25) is 0 Å². The molecule has 1 fully saturated rings. The first-order valence-corrected chi connectivity index (χ1v) is 9.66. The van der Waals surface area contributed by atoms with Crippen LogP contribution in [0.25, 0.3) is 0 Å². The Bertz CT molecular complexity index is 912. The molecular weight excluding hydrogens is 404 g/mol. The van der Waals surface area contributed by atoms with Crippen LogP contribution in [0.3, 0.4) is 0 Å². The molecule has 1 saturated heterocycles. The number of para-hydroxylation sites is 2. The van der Waals surface area contributed by atoms with E-state index in [9.17, 15) is 0 Å². The largest absolute Gasteiger partial charge is 0.495 e. The minimum Gasteiger partial charge on any atom is -0.495 e. The van der Waals surface area contributed by atoms with E-state index in [4.69, 9.17) is 15.2 Å². The zero-order valence-electron chi connectivity index (χ0n) is 17.1. The Hall–Kier alpha value is -2.97. The maximum Gasteiger partial charge on any atom is 0.222 e. The summed E-state index contributed by atoms with van der Waals surface area (Å²) >= 11 is 0. The lowest BCUT2D eigenvalue weighted by Gasteiger charge is -2.41. The maximum absolute atomic E-state index is 6.12. The summed E-state index contributed by atoms with van der Waals surface area (Å²) in [5.41, 5.74) is 9.11. The molecule has 0 aliphatic carbocycles. The molecular formula is C21H27ClN6O2. The number of rotatable bonds is 4. The normalized spacial score (nSPS) is 18.8. The minimum absolute atomic E-state index is 0. The molecule has 2 aliphatic rings. The van der Waals surface area contributed by atoms with E-state index in [-0.39, 0.29) is 18.4 Å². The summed E-state index contributed by atoms with van der Waals surface area (Å²) in [5, 5.41) is 3.46. The van der Waals surface area contributed by atoms with Crippen molar-refractivity contribution in [2.24, 2.45) is 15.7 Å². The van der Waals surface area contributed by atoms with Gasteiger partial charge in [-0.25, -0.2) is 4.99 Å². The second kappa shape index (κ2) is 9.69. The minimum atomic E-state index is -0.468. The van der Waals surface area contributed by atoms with Gasteiger partial charge in [-0.15, -0.1) is 12.4 Å². The average Bonchev–Trinajstić information content (AvgIpc) is 2.75. The summed E-state index contributed by atoms with van der Waals surface area (Å²) in [7, 11) is 1.65. The van der Waals surface area contributed by atoms with Crippen molar-refractivity contribution in [1.29, 1.82) is 0 Å². The SMILES string of the molecule is COc1ccccc1NC1N=C(N)N=C(N2CCOCC2)N1c1ccc(C)cc1.Cl. The molecule has 8 nitrogen and oxygen atoms in total. The Balaban J connectivity index is 0.00000256. The molecule has 0 amide bonds. The molecule has 2 heterocycles. The highest BCUT2D eigenvalue weighted by molar-refractivity contribution is 6.06. The summed E-state index contributed by atoms with van der Waals surface area (Å²) in [6, 6.07) is 16.0. The number of ether oxygens (including phenoxy) is 2. The smallest absolute Gasteiger partial charge is 0.222 e. The van der Waals surface area contributed by atoms with Crippen LogP contribution in [0.1, 0.15) is 5.56 Å². The second-order valence-electron chi connectivity index (χ2n) is 6.92. The quantitative estimate of drug-likeness (QED) is 0.775. The molecule has 2 aromatic rings. The highest BCUT2D eigenvalue weighted by atomic mass is 35.5. The van der Waals surface area contributed by atoms with Crippen LogP contribution in [0, 0.1) is 6.92 Å². The van der Waals surface area contributed by atoms with Gasteiger partial charge in [-0.05, 0) is 31.2 Å². The van der Waals surface area contributed by atoms with E-state index in [1.807, 2.05) is 24.3 Å². The van der Waals surface area contributed by atoms with E-state index in [2.05, 4.69) is 56.3 Å². The molecule has 1 atom stereocenters. The molecule has 30 heavy (non-hydrogen) atoms. The predicted molar refractivity (Wildman–Crippen MR) is 123 cm³/mol. The van der Waals surface area contributed by atoms with Gasteiger partial charge < -0.3 is 25.4 Å². The molecule has 2 aliphatic heterocycles. The lowest BCUT2D eigenvalue weighted by atomic mass is 10.2. The van der Waals surface area contributed by atoms with Crippen LogP contribution in [0.15, 0.2) is 58.5 Å². The number of nitrogens with zero attached hydrogens (tertiary/aromatic N) is 4. The number of anilines is 2. The number of guanidine groups is 2. The summed E-state index contributed by atoms with van der Waals surface area (Å²) in [4.78, 5) is 13.4. The van der Waals surface area contributed by atoms with E-state index >= 15 is 0 Å². The van der Waals surface area contributed by atoms with E-state index < -0.39 is 6.29 Å². The van der Waals surface area contributed by atoms with Gasteiger partial charge in [0.1, 0.15) is 5.75 Å². The van der Waals surface area contributed by atoms with Crippen LogP contribution in [-0.4, -0.2) is 56.5 Å². The molecule has 2 aromatic carbocycles. The Morgan fingerprint density at radius 1 is 1.10 bits per heavy atom. The number of morpholine rings is 1. The van der Waals surface area contributed by atoms with Gasteiger partial charge in [0.25, 0.3) is 0 Å². The number of benzene rings is 2. The summed E-state index contributed by atoms with van der Waals surface area (Å²) in [5.74, 6) is 1.74. The molecule has 160 valence electrons. The lowest BCUT2D eigenvalue weighted by Crippen LogP contribution is -2.57. The molecule has 4 rings (SSSR count). The number of hydrogen-bond donors (Lipinski definition) is 2. The van der Waals surface area contributed by atoms with E-state index in [1.54, 1.807) is 7.11 Å². The van der Waals surface area contributed by atoms with Crippen molar-refractivity contribution in [3.63, 3.8) is 0 Å². The molecule has 0 spiro atoms. The Morgan fingerprint density at radius 2 is 1.80 bits per heavy atom. The monoisotopic (exact) mass is 430 g/mol. The van der Waals surface area contributed by atoms with E-state index in [0.29, 0.717) is 13.2 Å². The Kier molecular flexibility index (Phi) is 7.02.